The lowest BCUT2D eigenvalue weighted by atomic mass is 10.1. The molecule has 4 aromatic carbocycles. The molecule has 0 fully saturated rings. The molecule has 4 aromatic rings. The summed E-state index contributed by atoms with van der Waals surface area (Å²) in [6.45, 7) is -0.0810. The van der Waals surface area contributed by atoms with Crippen molar-refractivity contribution in [2.45, 2.75) is 57.5 Å². The maximum atomic E-state index is 12.6. The van der Waals surface area contributed by atoms with Crippen molar-refractivity contribution in [3.63, 3.8) is 0 Å². The van der Waals surface area contributed by atoms with Crippen molar-refractivity contribution in [1.29, 1.82) is 5.26 Å². The van der Waals surface area contributed by atoms with Crippen LogP contribution in [0.4, 0.5) is 0 Å². The highest BCUT2D eigenvalue weighted by molar-refractivity contribution is 7.91. The standard InChI is InChI=1S/C17H17NO4S.C17H15NO3S/c18-17(19)11-22-16-9-6-12-10-14(7-8-15(12)16)23(20,21)13-4-2-1-3-5-13;18-10-11-21-17-9-6-13-12-15(7-8-16(13)17)22(19,20)14-4-2-1-3-5-14/h1-5,7-8,10,16H,6,9,11H2,(H2,18,19);1-5,7-8,12,17H,6,9,11H2. The third-order valence-corrected chi connectivity index (χ3v) is 11.3. The fraction of sp³-hybridized carbons (Fsp3) is 0.235. The molecule has 2 N–H and O–H groups in total. The smallest absolute Gasteiger partial charge is 0.243 e. The number of nitrogens with two attached hydrogens (primary N) is 1. The Labute approximate surface area is 263 Å². The number of primary amides is 1. The Morgan fingerprint density at radius 1 is 0.689 bits per heavy atom. The van der Waals surface area contributed by atoms with Gasteiger partial charge in [-0.15, -0.1) is 0 Å². The Hall–Kier alpha value is -4.34. The SMILES string of the molecule is N#CCOC1CCc2cc(S(=O)(=O)c3ccccc3)ccc21.NC(=O)COC1CCc2cc(S(=O)(=O)c3ccccc3)ccc21. The van der Waals surface area contributed by atoms with Crippen molar-refractivity contribution in [1.82, 2.24) is 0 Å². The van der Waals surface area contributed by atoms with Crippen LogP contribution >= 0.6 is 0 Å². The average molecular weight is 645 g/mol. The molecule has 0 spiro atoms. The zero-order chi connectivity index (χ0) is 32.0. The number of amides is 1. The molecule has 6 rings (SSSR count). The Kier molecular flexibility index (Phi) is 9.80. The number of ether oxygens (including phenoxy) is 2. The third kappa shape index (κ3) is 7.16. The van der Waals surface area contributed by atoms with Crippen LogP contribution in [0.1, 0.15) is 47.3 Å². The number of carbonyl (C=O) groups excluding carboxylic acids is 1. The highest BCUT2D eigenvalue weighted by atomic mass is 32.2. The number of benzene rings is 4. The number of aryl methyl sites for hydroxylation is 2. The largest absolute Gasteiger partial charge is 0.368 e. The molecule has 9 nitrogen and oxygen atoms in total. The number of nitriles is 1. The monoisotopic (exact) mass is 644 g/mol. The molecule has 45 heavy (non-hydrogen) atoms. The molecule has 2 aliphatic rings. The van der Waals surface area contributed by atoms with Crippen molar-refractivity contribution in [2.75, 3.05) is 13.2 Å². The summed E-state index contributed by atoms with van der Waals surface area (Å²) in [5.41, 5.74) is 8.94. The van der Waals surface area contributed by atoms with Gasteiger partial charge in [0.1, 0.15) is 13.2 Å². The molecule has 0 heterocycles. The van der Waals surface area contributed by atoms with Gasteiger partial charge in [0, 0.05) is 0 Å². The Bertz CT molecular complexity index is 1940. The summed E-state index contributed by atoms with van der Waals surface area (Å²) in [5.74, 6) is -0.512. The molecule has 2 aliphatic carbocycles. The molecule has 0 saturated heterocycles. The normalized spacial score (nSPS) is 17.0. The van der Waals surface area contributed by atoms with Gasteiger partial charge in [-0.05, 0) is 96.5 Å². The van der Waals surface area contributed by atoms with E-state index in [1.165, 1.54) is 0 Å². The molecule has 0 radical (unpaired) electrons. The van der Waals surface area contributed by atoms with E-state index in [0.29, 0.717) is 9.79 Å². The number of hydrogen-bond acceptors (Lipinski definition) is 8. The molecule has 11 heteroatoms. The lowest BCUT2D eigenvalue weighted by molar-refractivity contribution is -0.124. The van der Waals surface area contributed by atoms with E-state index in [4.69, 9.17) is 20.5 Å². The second-order valence-corrected chi connectivity index (χ2v) is 14.6. The van der Waals surface area contributed by atoms with Crippen molar-refractivity contribution in [3.05, 3.63) is 119 Å². The third-order valence-electron chi connectivity index (χ3n) is 7.78. The van der Waals surface area contributed by atoms with Gasteiger partial charge in [-0.3, -0.25) is 4.79 Å². The molecular weight excluding hydrogens is 613 g/mol. The van der Waals surface area contributed by atoms with Crippen LogP contribution in [0, 0.1) is 11.3 Å². The van der Waals surface area contributed by atoms with Crippen LogP contribution in [0.15, 0.2) is 117 Å². The first-order chi connectivity index (χ1) is 21.6. The van der Waals surface area contributed by atoms with Crippen LogP contribution in [0.25, 0.3) is 0 Å². The van der Waals surface area contributed by atoms with Crippen molar-refractivity contribution in [3.8, 4) is 6.07 Å². The summed E-state index contributed by atoms with van der Waals surface area (Å²) in [4.78, 5) is 12.0. The van der Waals surface area contributed by atoms with E-state index in [1.807, 2.05) is 6.07 Å². The van der Waals surface area contributed by atoms with Gasteiger partial charge in [-0.2, -0.15) is 5.26 Å². The highest BCUT2D eigenvalue weighted by Gasteiger charge is 2.28. The number of fused-ring (bicyclic) bond motifs is 2. The van der Waals surface area contributed by atoms with E-state index < -0.39 is 25.6 Å². The summed E-state index contributed by atoms with van der Waals surface area (Å²) >= 11 is 0. The van der Waals surface area contributed by atoms with Crippen molar-refractivity contribution < 1.29 is 31.1 Å². The fourth-order valence-corrected chi connectivity index (χ4v) is 8.25. The summed E-state index contributed by atoms with van der Waals surface area (Å²) in [5, 5.41) is 8.60. The molecule has 0 saturated carbocycles. The van der Waals surface area contributed by atoms with E-state index in [-0.39, 0.29) is 35.2 Å². The van der Waals surface area contributed by atoms with Gasteiger partial charge in [0.2, 0.25) is 25.6 Å². The molecule has 0 aliphatic heterocycles. The molecule has 1 amide bonds. The first-order valence-electron chi connectivity index (χ1n) is 14.4. The predicted octanol–water partition coefficient (Wildman–Crippen LogP) is 5.06. The van der Waals surface area contributed by atoms with Gasteiger partial charge in [-0.25, -0.2) is 16.8 Å². The zero-order valence-corrected chi connectivity index (χ0v) is 26.0. The quantitative estimate of drug-likeness (QED) is 0.265. The maximum Gasteiger partial charge on any atom is 0.243 e. The van der Waals surface area contributed by atoms with Crippen molar-refractivity contribution in [2.24, 2.45) is 5.73 Å². The first kappa shape index (κ1) is 32.1. The van der Waals surface area contributed by atoms with E-state index in [2.05, 4.69) is 0 Å². The van der Waals surface area contributed by atoms with E-state index in [1.54, 1.807) is 97.1 Å². The van der Waals surface area contributed by atoms with Crippen LogP contribution < -0.4 is 5.73 Å². The fourth-order valence-electron chi connectivity index (χ4n) is 5.58. The van der Waals surface area contributed by atoms with E-state index in [9.17, 15) is 21.6 Å². The second-order valence-electron chi connectivity index (χ2n) is 10.7. The summed E-state index contributed by atoms with van der Waals surface area (Å²) in [6.07, 6.45) is 2.68. The van der Waals surface area contributed by atoms with Crippen LogP contribution in [0.2, 0.25) is 0 Å². The minimum atomic E-state index is -3.52. The topological polar surface area (TPSA) is 154 Å². The van der Waals surface area contributed by atoms with Crippen LogP contribution in [-0.4, -0.2) is 36.0 Å². The van der Waals surface area contributed by atoms with Crippen LogP contribution in [-0.2, 0) is 46.8 Å². The van der Waals surface area contributed by atoms with Gasteiger partial charge in [0.05, 0.1) is 37.9 Å². The van der Waals surface area contributed by atoms with Crippen LogP contribution in [0.5, 0.6) is 0 Å². The molecule has 2 unspecified atom stereocenters. The minimum absolute atomic E-state index is 0.0498. The number of nitrogens with zero attached hydrogens (tertiary/aromatic N) is 1. The van der Waals surface area contributed by atoms with E-state index >= 15 is 0 Å². The number of sulfone groups is 2. The number of hydrogen-bond donors (Lipinski definition) is 1. The van der Waals surface area contributed by atoms with Gasteiger partial charge in [0.25, 0.3) is 0 Å². The first-order valence-corrected chi connectivity index (χ1v) is 17.3. The molecule has 0 aromatic heterocycles. The molecule has 2 atom stereocenters. The lowest BCUT2D eigenvalue weighted by Gasteiger charge is -2.12. The van der Waals surface area contributed by atoms with Crippen molar-refractivity contribution >= 4 is 25.6 Å². The Balaban J connectivity index is 0.000000178. The molecule has 232 valence electrons. The zero-order valence-electron chi connectivity index (χ0n) is 24.3. The molecule has 0 bridgehead atoms. The van der Waals surface area contributed by atoms with E-state index in [0.717, 1.165) is 47.9 Å². The number of carbonyl (C=O) groups is 1. The Morgan fingerprint density at radius 2 is 1.13 bits per heavy atom. The molecular formula is C34H32N2O7S2. The Morgan fingerprint density at radius 3 is 1.56 bits per heavy atom. The average Bonchev–Trinajstić information content (AvgIpc) is 3.67. The van der Waals surface area contributed by atoms with Crippen LogP contribution in [0.3, 0.4) is 0 Å². The lowest BCUT2D eigenvalue weighted by Crippen LogP contribution is -2.19. The van der Waals surface area contributed by atoms with Gasteiger partial charge in [0.15, 0.2) is 0 Å². The summed E-state index contributed by atoms with van der Waals surface area (Å²) < 4.78 is 61.5. The summed E-state index contributed by atoms with van der Waals surface area (Å²) in [7, 11) is -7.01. The van der Waals surface area contributed by atoms with Gasteiger partial charge in [-0.1, -0.05) is 48.5 Å². The van der Waals surface area contributed by atoms with Gasteiger partial charge < -0.3 is 15.2 Å². The summed E-state index contributed by atoms with van der Waals surface area (Å²) in [6, 6.07) is 28.9. The highest BCUT2D eigenvalue weighted by Crippen LogP contribution is 2.37. The van der Waals surface area contributed by atoms with Gasteiger partial charge >= 0.3 is 0 Å². The second kappa shape index (κ2) is 13.7. The number of rotatable bonds is 9. The predicted molar refractivity (Wildman–Crippen MR) is 166 cm³/mol. The maximum absolute atomic E-state index is 12.6. The minimum Gasteiger partial charge on any atom is -0.368 e.